The monoisotopic (exact) mass is 233 g/mol. The zero-order chi connectivity index (χ0) is 9.78. The molecule has 0 heterocycles. The predicted octanol–water partition coefficient (Wildman–Crippen LogP) is 1.25. The van der Waals surface area contributed by atoms with E-state index in [9.17, 15) is 14.7 Å². The van der Waals surface area contributed by atoms with Crippen molar-refractivity contribution in [2.24, 2.45) is 0 Å². The zero-order valence-corrected chi connectivity index (χ0v) is 7.95. The van der Waals surface area contributed by atoms with E-state index in [1.807, 2.05) is 0 Å². The highest BCUT2D eigenvalue weighted by molar-refractivity contribution is 6.75. The van der Waals surface area contributed by atoms with Crippen molar-refractivity contribution in [2.75, 3.05) is 6.61 Å². The Labute approximate surface area is 83.3 Å². The highest BCUT2D eigenvalue weighted by Gasteiger charge is 2.32. The van der Waals surface area contributed by atoms with Crippen LogP contribution in [-0.4, -0.2) is 22.3 Å². The largest absolute Gasteiger partial charge is 0.462 e. The van der Waals surface area contributed by atoms with Gasteiger partial charge < -0.3 is 4.74 Å². The molecule has 4 nitrogen and oxygen atoms in total. The van der Waals surface area contributed by atoms with E-state index in [1.165, 1.54) is 0 Å². The third-order valence-electron chi connectivity index (χ3n) is 0.771. The van der Waals surface area contributed by atoms with Gasteiger partial charge in [0.15, 0.2) is 0 Å². The number of carbonyl (C=O) groups excluding carboxylic acids is 2. The van der Waals surface area contributed by atoms with Crippen molar-refractivity contribution < 1.29 is 19.4 Å². The average molecular weight is 234 g/mol. The molecule has 0 aromatic rings. The highest BCUT2D eigenvalue weighted by Crippen LogP contribution is 2.27. The summed E-state index contributed by atoms with van der Waals surface area (Å²) < 4.78 is 2.10. The molecule has 12 heavy (non-hydrogen) atoms. The number of rotatable bonds is 3. The second kappa shape index (κ2) is 4.74. The Hall–Kier alpha value is -0.190. The van der Waals surface area contributed by atoms with Crippen LogP contribution in [0.3, 0.4) is 0 Å². The second-order valence-electron chi connectivity index (χ2n) is 1.76. The maximum absolute atomic E-state index is 10.6. The van der Waals surface area contributed by atoms with Crippen LogP contribution in [0.5, 0.6) is 0 Å². The molecule has 0 amide bonds. The van der Waals surface area contributed by atoms with E-state index in [-0.39, 0.29) is 6.61 Å². The van der Waals surface area contributed by atoms with Crippen molar-refractivity contribution in [3.8, 4) is 0 Å². The summed E-state index contributed by atoms with van der Waals surface area (Å²) in [7, 11) is 0. The highest BCUT2D eigenvalue weighted by atomic mass is 35.6. The maximum atomic E-state index is 10.6. The number of halogens is 3. The Morgan fingerprint density at radius 2 is 1.75 bits per heavy atom. The normalized spacial score (nSPS) is 10.9. The summed E-state index contributed by atoms with van der Waals surface area (Å²) in [6, 6.07) is 0. The van der Waals surface area contributed by atoms with Crippen molar-refractivity contribution in [3.05, 3.63) is 0 Å². The fourth-order valence-corrected chi connectivity index (χ4v) is 0.473. The van der Waals surface area contributed by atoms with Gasteiger partial charge in [-0.3, -0.25) is 0 Å². The second-order valence-corrected chi connectivity index (χ2v) is 4.04. The summed E-state index contributed by atoms with van der Waals surface area (Å²) in [5, 5.41) is 9.83. The number of carbonyl (C=O) groups is 2. The number of alkyl halides is 3. The summed E-state index contributed by atoms with van der Waals surface area (Å²) in [6.45, 7) is -0.366. The first-order valence-electron chi connectivity index (χ1n) is 2.78. The van der Waals surface area contributed by atoms with Crippen LogP contribution in [0.1, 0.15) is 6.42 Å². The molecule has 0 aliphatic carbocycles. The van der Waals surface area contributed by atoms with Gasteiger partial charge in [0.25, 0.3) is 3.79 Å². The van der Waals surface area contributed by atoms with E-state index < -0.39 is 22.2 Å². The molecular formula is C5H4Cl3O4. The molecule has 69 valence electrons. The van der Waals surface area contributed by atoms with Crippen LogP contribution in [0.15, 0.2) is 0 Å². The first kappa shape index (κ1) is 11.8. The lowest BCUT2D eigenvalue weighted by molar-refractivity contribution is -0.148. The Morgan fingerprint density at radius 3 is 2.08 bits per heavy atom. The van der Waals surface area contributed by atoms with Crippen LogP contribution in [0.4, 0.5) is 0 Å². The van der Waals surface area contributed by atoms with Crippen LogP contribution >= 0.6 is 34.8 Å². The van der Waals surface area contributed by atoms with Crippen LogP contribution in [0.2, 0.25) is 0 Å². The standard InChI is InChI=1S/C5H4Cl3O4/c6-5(7,8)4(11)12-2-1-3(9)10/h1-2H2. The van der Waals surface area contributed by atoms with E-state index in [1.54, 1.807) is 0 Å². The van der Waals surface area contributed by atoms with Gasteiger partial charge in [0.05, 0.1) is 6.42 Å². The Kier molecular flexibility index (Phi) is 4.67. The Balaban J connectivity index is 3.66. The number of hydrogen-bond acceptors (Lipinski definition) is 3. The summed E-state index contributed by atoms with van der Waals surface area (Å²) in [5.41, 5.74) is 0. The van der Waals surface area contributed by atoms with Gasteiger partial charge in [0.1, 0.15) is 6.61 Å². The quantitative estimate of drug-likeness (QED) is 0.545. The lowest BCUT2D eigenvalue weighted by atomic mass is 10.5. The summed E-state index contributed by atoms with van der Waals surface area (Å²) in [6.07, 6.45) is -0.424. The molecule has 1 radical (unpaired) electrons. The zero-order valence-electron chi connectivity index (χ0n) is 5.68. The van der Waals surface area contributed by atoms with E-state index in [4.69, 9.17) is 34.8 Å². The summed E-state index contributed by atoms with van der Waals surface area (Å²) >= 11 is 15.3. The van der Waals surface area contributed by atoms with Gasteiger partial charge in [-0.25, -0.2) is 14.7 Å². The van der Waals surface area contributed by atoms with Crippen LogP contribution in [0.25, 0.3) is 0 Å². The van der Waals surface area contributed by atoms with E-state index >= 15 is 0 Å². The fourth-order valence-electron chi connectivity index (χ4n) is 0.309. The van der Waals surface area contributed by atoms with Crippen molar-refractivity contribution in [2.45, 2.75) is 10.2 Å². The number of esters is 1. The van der Waals surface area contributed by atoms with Crippen LogP contribution < -0.4 is 0 Å². The molecule has 0 saturated heterocycles. The van der Waals surface area contributed by atoms with Gasteiger partial charge in [-0.2, -0.15) is 0 Å². The summed E-state index contributed by atoms with van der Waals surface area (Å²) in [5.74, 6) is -2.44. The van der Waals surface area contributed by atoms with Crippen molar-refractivity contribution in [1.29, 1.82) is 0 Å². The Bertz CT molecular complexity index is 186. The molecule has 0 aliphatic heterocycles. The fraction of sp³-hybridized carbons (Fsp3) is 0.600. The molecule has 0 spiro atoms. The molecule has 0 N–H and O–H groups in total. The third kappa shape index (κ3) is 5.46. The van der Waals surface area contributed by atoms with Gasteiger partial charge >= 0.3 is 11.9 Å². The molecule has 0 aliphatic rings. The average Bonchev–Trinajstić information content (AvgIpc) is 1.84. The number of ether oxygens (including phenoxy) is 1. The molecule has 7 heteroatoms. The summed E-state index contributed by atoms with van der Waals surface area (Å²) in [4.78, 5) is 20.4. The molecule has 0 unspecified atom stereocenters. The van der Waals surface area contributed by atoms with Gasteiger partial charge in [-0.15, -0.1) is 0 Å². The molecule has 0 bridgehead atoms. The van der Waals surface area contributed by atoms with Crippen LogP contribution in [-0.2, 0) is 19.4 Å². The number of hydrogen-bond donors (Lipinski definition) is 0. The molecule has 0 aromatic heterocycles. The van der Waals surface area contributed by atoms with Crippen molar-refractivity contribution >= 4 is 46.7 Å². The minimum atomic E-state index is -2.16. The predicted molar refractivity (Wildman–Crippen MR) is 41.6 cm³/mol. The minimum absolute atomic E-state index is 0.366. The first-order chi connectivity index (χ1) is 5.34. The lowest BCUT2D eigenvalue weighted by Crippen LogP contribution is -2.22. The molecule has 0 fully saturated rings. The maximum Gasteiger partial charge on any atom is 0.359 e. The molecule has 0 saturated carbocycles. The van der Waals surface area contributed by atoms with Gasteiger partial charge in [-0.1, -0.05) is 34.8 Å². The minimum Gasteiger partial charge on any atom is -0.462 e. The smallest absolute Gasteiger partial charge is 0.359 e. The third-order valence-corrected chi connectivity index (χ3v) is 1.23. The Morgan fingerprint density at radius 1 is 1.25 bits per heavy atom. The molecule has 0 aromatic carbocycles. The topological polar surface area (TPSA) is 63.3 Å². The van der Waals surface area contributed by atoms with E-state index in [0.29, 0.717) is 0 Å². The first-order valence-corrected chi connectivity index (χ1v) is 3.91. The molecule has 0 atom stereocenters. The van der Waals surface area contributed by atoms with Crippen molar-refractivity contribution in [3.63, 3.8) is 0 Å². The van der Waals surface area contributed by atoms with E-state index in [0.717, 1.165) is 0 Å². The van der Waals surface area contributed by atoms with E-state index in [2.05, 4.69) is 4.74 Å². The molecule has 0 rings (SSSR count). The lowest BCUT2D eigenvalue weighted by Gasteiger charge is -2.08. The van der Waals surface area contributed by atoms with Crippen molar-refractivity contribution in [1.82, 2.24) is 0 Å². The SMILES string of the molecule is [O]C(=O)CCOC(=O)C(Cl)(Cl)Cl. The van der Waals surface area contributed by atoms with Gasteiger partial charge in [0.2, 0.25) is 0 Å². The van der Waals surface area contributed by atoms with Gasteiger partial charge in [0, 0.05) is 0 Å². The van der Waals surface area contributed by atoms with Gasteiger partial charge in [-0.05, 0) is 0 Å². The molecular weight excluding hydrogens is 230 g/mol. The van der Waals surface area contributed by atoms with Crippen LogP contribution in [0, 0.1) is 0 Å².